The summed E-state index contributed by atoms with van der Waals surface area (Å²) in [6.07, 6.45) is 1.40. The van der Waals surface area contributed by atoms with Gasteiger partial charge in [0.25, 0.3) is 5.91 Å². The highest BCUT2D eigenvalue weighted by Crippen LogP contribution is 2.32. The van der Waals surface area contributed by atoms with Gasteiger partial charge in [0, 0.05) is 13.0 Å². The lowest BCUT2D eigenvalue weighted by molar-refractivity contribution is -0.139. The number of hydrogen-bond donors (Lipinski definition) is 2. The molecule has 4 rings (SSSR count). The summed E-state index contributed by atoms with van der Waals surface area (Å²) in [5.41, 5.74) is 3.77. The van der Waals surface area contributed by atoms with Gasteiger partial charge in [-0.25, -0.2) is 14.8 Å². The second kappa shape index (κ2) is 13.1. The molecule has 0 spiro atoms. The van der Waals surface area contributed by atoms with Gasteiger partial charge >= 0.3 is 5.97 Å². The number of aryl methyl sites for hydroxylation is 1. The molecule has 0 radical (unpaired) electrons. The number of ether oxygens (including phenoxy) is 1. The molecule has 222 valence electrons. The van der Waals surface area contributed by atoms with Crippen molar-refractivity contribution < 1.29 is 24.2 Å². The highest BCUT2D eigenvalue weighted by atomic mass is 16.5. The molecular formula is C33H40N4O5. The van der Waals surface area contributed by atoms with Gasteiger partial charge < -0.3 is 20.1 Å². The van der Waals surface area contributed by atoms with Crippen LogP contribution in [0.15, 0.2) is 54.6 Å². The Balaban J connectivity index is 1.52. The molecule has 1 aliphatic heterocycles. The third kappa shape index (κ3) is 7.51. The van der Waals surface area contributed by atoms with Crippen LogP contribution in [0.2, 0.25) is 0 Å². The van der Waals surface area contributed by atoms with Crippen molar-refractivity contribution in [2.75, 3.05) is 6.54 Å². The van der Waals surface area contributed by atoms with Gasteiger partial charge in [-0.3, -0.25) is 9.59 Å². The van der Waals surface area contributed by atoms with E-state index in [4.69, 9.17) is 4.74 Å². The number of carboxylic acid groups (broad SMARTS) is 1. The fourth-order valence-electron chi connectivity index (χ4n) is 5.07. The Morgan fingerprint density at radius 1 is 1.10 bits per heavy atom. The van der Waals surface area contributed by atoms with Gasteiger partial charge in [-0.05, 0) is 47.8 Å². The van der Waals surface area contributed by atoms with Gasteiger partial charge in [0.1, 0.15) is 18.5 Å². The molecule has 3 aromatic rings. The quantitative estimate of drug-likeness (QED) is 0.344. The minimum Gasteiger partial charge on any atom is -0.485 e. The first kappa shape index (κ1) is 30.7. The summed E-state index contributed by atoms with van der Waals surface area (Å²) in [6.45, 7) is 10.8. The Hall–Kier alpha value is -4.27. The summed E-state index contributed by atoms with van der Waals surface area (Å²) in [6, 6.07) is 16.9. The third-order valence-corrected chi connectivity index (χ3v) is 7.64. The average molecular weight is 573 g/mol. The number of benzene rings is 2. The second-order valence-electron chi connectivity index (χ2n) is 11.8. The van der Waals surface area contributed by atoms with Crippen molar-refractivity contribution in [2.24, 2.45) is 0 Å². The van der Waals surface area contributed by atoms with Gasteiger partial charge in [0.2, 0.25) is 5.91 Å². The first-order chi connectivity index (χ1) is 20.0. The molecule has 2 amide bonds. The van der Waals surface area contributed by atoms with Crippen molar-refractivity contribution in [3.05, 3.63) is 88.5 Å². The van der Waals surface area contributed by atoms with Crippen molar-refractivity contribution in [1.29, 1.82) is 0 Å². The minimum atomic E-state index is -1.13. The Morgan fingerprint density at radius 3 is 2.38 bits per heavy atom. The summed E-state index contributed by atoms with van der Waals surface area (Å²) >= 11 is 0. The predicted octanol–water partition coefficient (Wildman–Crippen LogP) is 5.16. The molecule has 0 aliphatic carbocycles. The molecule has 0 saturated carbocycles. The maximum atomic E-state index is 13.3. The number of hydrogen-bond acceptors (Lipinski definition) is 6. The number of aliphatic carboxylic acids is 1. The molecule has 1 aromatic heterocycles. The zero-order valence-electron chi connectivity index (χ0n) is 25.0. The topological polar surface area (TPSA) is 122 Å². The van der Waals surface area contributed by atoms with E-state index >= 15 is 0 Å². The van der Waals surface area contributed by atoms with E-state index in [1.807, 2.05) is 30.3 Å². The van der Waals surface area contributed by atoms with Crippen LogP contribution in [-0.2, 0) is 28.2 Å². The molecule has 1 fully saturated rings. The maximum absolute atomic E-state index is 13.3. The monoisotopic (exact) mass is 572 g/mol. The number of nitrogens with one attached hydrogen (secondary N) is 1. The lowest BCUT2D eigenvalue weighted by Gasteiger charge is -2.32. The van der Waals surface area contributed by atoms with Gasteiger partial charge in [0.05, 0.1) is 12.2 Å². The molecule has 2 unspecified atom stereocenters. The van der Waals surface area contributed by atoms with Gasteiger partial charge in [0.15, 0.2) is 11.4 Å². The number of amides is 2. The third-order valence-electron chi connectivity index (χ3n) is 7.64. The number of nitrogens with zero attached hydrogens (tertiary/aromatic N) is 3. The molecule has 2 N–H and O–H groups in total. The summed E-state index contributed by atoms with van der Waals surface area (Å²) in [4.78, 5) is 48.8. The SMILES string of the molecule is CCC(NC(=O)c1nc(CN2CCC(c3ccc(C(C)(C)C)cc3)CC2=O)nc(C)c1OCc1ccccc1)C(=O)O. The van der Waals surface area contributed by atoms with Crippen LogP contribution >= 0.6 is 0 Å². The van der Waals surface area contributed by atoms with Crippen LogP contribution in [0.25, 0.3) is 0 Å². The van der Waals surface area contributed by atoms with Gasteiger partial charge in [-0.1, -0.05) is 82.3 Å². The van der Waals surface area contributed by atoms with E-state index in [2.05, 4.69) is 60.3 Å². The van der Waals surface area contributed by atoms with Gasteiger partial charge in [-0.2, -0.15) is 0 Å². The van der Waals surface area contributed by atoms with Crippen LogP contribution in [0, 0.1) is 6.92 Å². The largest absolute Gasteiger partial charge is 0.485 e. The fraction of sp³-hybridized carbons (Fsp3) is 0.424. The normalized spacial score (nSPS) is 16.2. The molecule has 9 heteroatoms. The Bertz CT molecular complexity index is 1420. The van der Waals surface area contributed by atoms with E-state index in [0.717, 1.165) is 17.5 Å². The average Bonchev–Trinajstić information content (AvgIpc) is 2.96. The van der Waals surface area contributed by atoms with E-state index in [9.17, 15) is 19.5 Å². The van der Waals surface area contributed by atoms with E-state index in [-0.39, 0.29) is 48.3 Å². The Kier molecular flexibility index (Phi) is 9.60. The van der Waals surface area contributed by atoms with Crippen LogP contribution < -0.4 is 10.1 Å². The minimum absolute atomic E-state index is 0.000249. The molecule has 1 aliphatic rings. The number of carboxylic acids is 1. The van der Waals surface area contributed by atoms with Crippen molar-refractivity contribution in [2.45, 2.75) is 84.4 Å². The number of likely N-dealkylation sites (tertiary alicyclic amines) is 1. The van der Waals surface area contributed by atoms with Crippen LogP contribution in [0.3, 0.4) is 0 Å². The smallest absolute Gasteiger partial charge is 0.326 e. The van der Waals surface area contributed by atoms with Gasteiger partial charge in [-0.15, -0.1) is 0 Å². The number of carbonyl (C=O) groups is 3. The van der Waals surface area contributed by atoms with E-state index in [1.54, 1.807) is 18.7 Å². The van der Waals surface area contributed by atoms with Crippen molar-refractivity contribution in [3.63, 3.8) is 0 Å². The maximum Gasteiger partial charge on any atom is 0.326 e. The summed E-state index contributed by atoms with van der Waals surface area (Å²) < 4.78 is 6.00. The predicted molar refractivity (Wildman–Crippen MR) is 159 cm³/mol. The summed E-state index contributed by atoms with van der Waals surface area (Å²) in [5.74, 6) is -1.17. The number of aromatic nitrogens is 2. The van der Waals surface area contributed by atoms with Crippen LogP contribution in [0.4, 0.5) is 0 Å². The fourth-order valence-corrected chi connectivity index (χ4v) is 5.07. The lowest BCUT2D eigenvalue weighted by atomic mass is 9.83. The van der Waals surface area contributed by atoms with Crippen molar-refractivity contribution in [3.8, 4) is 5.75 Å². The van der Waals surface area contributed by atoms with Crippen LogP contribution in [0.1, 0.15) is 91.6 Å². The molecule has 1 saturated heterocycles. The van der Waals surface area contributed by atoms with Crippen LogP contribution in [0.5, 0.6) is 5.75 Å². The molecule has 2 heterocycles. The van der Waals surface area contributed by atoms with E-state index in [0.29, 0.717) is 24.5 Å². The molecule has 2 aromatic carbocycles. The zero-order valence-corrected chi connectivity index (χ0v) is 25.0. The number of rotatable bonds is 10. The summed E-state index contributed by atoms with van der Waals surface area (Å²) in [7, 11) is 0. The van der Waals surface area contributed by atoms with Crippen LogP contribution in [-0.4, -0.2) is 50.3 Å². The molecule has 9 nitrogen and oxygen atoms in total. The first-order valence-electron chi connectivity index (χ1n) is 14.4. The van der Waals surface area contributed by atoms with E-state index < -0.39 is 17.9 Å². The highest BCUT2D eigenvalue weighted by molar-refractivity contribution is 5.97. The van der Waals surface area contributed by atoms with Crippen molar-refractivity contribution in [1.82, 2.24) is 20.2 Å². The van der Waals surface area contributed by atoms with E-state index in [1.165, 1.54) is 5.56 Å². The number of carbonyl (C=O) groups excluding carboxylic acids is 2. The lowest BCUT2D eigenvalue weighted by Crippen LogP contribution is -2.41. The second-order valence-corrected chi connectivity index (χ2v) is 11.8. The standard InChI is InChI=1S/C33H40N4O5/c1-6-26(32(40)41)35-31(39)29-30(42-20-22-10-8-7-9-11-22)21(2)34-27(36-29)19-37-17-16-24(18-28(37)38)23-12-14-25(15-13-23)33(3,4)5/h7-15,24,26H,6,16-20H2,1-5H3,(H,35,39)(H,40,41). The summed E-state index contributed by atoms with van der Waals surface area (Å²) in [5, 5.41) is 12.0. The molecular weight excluding hydrogens is 532 g/mol. The number of piperidine rings is 1. The Morgan fingerprint density at radius 2 is 1.79 bits per heavy atom. The Labute approximate surface area is 247 Å². The first-order valence-corrected chi connectivity index (χ1v) is 14.4. The molecule has 2 atom stereocenters. The highest BCUT2D eigenvalue weighted by Gasteiger charge is 2.30. The van der Waals surface area contributed by atoms with Crippen molar-refractivity contribution >= 4 is 17.8 Å². The zero-order chi connectivity index (χ0) is 30.4. The molecule has 42 heavy (non-hydrogen) atoms. The molecule has 0 bridgehead atoms.